The smallest absolute Gasteiger partial charge is 0.184 e. The maximum atomic E-state index is 6.44. The lowest BCUT2D eigenvalue weighted by atomic mass is 9.95. The predicted octanol–water partition coefficient (Wildman–Crippen LogP) is 9.50. The first-order valence-corrected chi connectivity index (χ1v) is 16.1. The van der Waals surface area contributed by atoms with E-state index in [1.807, 2.05) is 12.1 Å². The molecule has 0 unspecified atom stereocenters. The predicted molar refractivity (Wildman–Crippen MR) is 161 cm³/mol. The van der Waals surface area contributed by atoms with Crippen LogP contribution in [0.1, 0.15) is 127 Å². The summed E-state index contributed by atoms with van der Waals surface area (Å²) < 4.78 is 30.7. The average molecular weight is 553 g/mol. The van der Waals surface area contributed by atoms with E-state index in [0.29, 0.717) is 6.61 Å². The molecule has 4 atom stereocenters. The fourth-order valence-electron chi connectivity index (χ4n) is 5.62. The van der Waals surface area contributed by atoms with Gasteiger partial charge in [0.15, 0.2) is 6.29 Å². The van der Waals surface area contributed by atoms with Gasteiger partial charge in [-0.2, -0.15) is 0 Å². The SMILES string of the molecule is CCCCCCCCCCOc1ccc([C@H]2CC[C@@H]3O[C@H](c4ccc(OCCCCCC)cc4)OC[C@H]3O2)cc1. The molecule has 2 aromatic rings. The first-order valence-electron chi connectivity index (χ1n) is 16.1. The molecule has 0 amide bonds. The molecule has 0 N–H and O–H groups in total. The van der Waals surface area contributed by atoms with Crippen LogP contribution in [-0.4, -0.2) is 32.0 Å². The quantitative estimate of drug-likeness (QED) is 0.172. The van der Waals surface area contributed by atoms with Crippen LogP contribution in [0.5, 0.6) is 11.5 Å². The van der Waals surface area contributed by atoms with Gasteiger partial charge >= 0.3 is 0 Å². The molecule has 5 nitrogen and oxygen atoms in total. The third-order valence-electron chi connectivity index (χ3n) is 8.11. The summed E-state index contributed by atoms with van der Waals surface area (Å²) in [6.45, 7) is 6.60. The van der Waals surface area contributed by atoms with E-state index >= 15 is 0 Å². The second-order valence-electron chi connectivity index (χ2n) is 11.5. The van der Waals surface area contributed by atoms with Crippen molar-refractivity contribution in [3.05, 3.63) is 59.7 Å². The molecule has 2 aliphatic heterocycles. The van der Waals surface area contributed by atoms with Gasteiger partial charge in [-0.15, -0.1) is 0 Å². The zero-order valence-electron chi connectivity index (χ0n) is 25.0. The van der Waals surface area contributed by atoms with Gasteiger partial charge < -0.3 is 23.7 Å². The van der Waals surface area contributed by atoms with E-state index in [1.54, 1.807) is 0 Å². The summed E-state index contributed by atoms with van der Waals surface area (Å²) in [6, 6.07) is 16.6. The van der Waals surface area contributed by atoms with Crippen LogP contribution in [-0.2, 0) is 14.2 Å². The Balaban J connectivity index is 1.13. The largest absolute Gasteiger partial charge is 0.494 e. The minimum atomic E-state index is -0.350. The van der Waals surface area contributed by atoms with Crippen molar-refractivity contribution in [1.29, 1.82) is 0 Å². The lowest BCUT2D eigenvalue weighted by molar-refractivity contribution is -0.289. The minimum Gasteiger partial charge on any atom is -0.494 e. The highest BCUT2D eigenvalue weighted by Gasteiger charge is 2.38. The van der Waals surface area contributed by atoms with Crippen molar-refractivity contribution >= 4 is 0 Å². The van der Waals surface area contributed by atoms with Gasteiger partial charge in [0.2, 0.25) is 0 Å². The summed E-state index contributed by atoms with van der Waals surface area (Å²) in [5.74, 6) is 1.85. The van der Waals surface area contributed by atoms with Crippen LogP contribution < -0.4 is 9.47 Å². The lowest BCUT2D eigenvalue weighted by Crippen LogP contribution is -2.45. The molecule has 40 heavy (non-hydrogen) atoms. The van der Waals surface area contributed by atoms with E-state index in [1.165, 1.54) is 69.8 Å². The zero-order chi connectivity index (χ0) is 27.8. The Morgan fingerprint density at radius 2 is 1.10 bits per heavy atom. The van der Waals surface area contributed by atoms with Crippen LogP contribution in [0.25, 0.3) is 0 Å². The molecular weight excluding hydrogens is 500 g/mol. The molecule has 2 saturated heterocycles. The molecule has 2 fully saturated rings. The number of benzene rings is 2. The van der Waals surface area contributed by atoms with Crippen molar-refractivity contribution in [2.45, 2.75) is 128 Å². The first-order chi connectivity index (χ1) is 19.8. The monoisotopic (exact) mass is 552 g/mol. The summed E-state index contributed by atoms with van der Waals surface area (Å²) in [5.41, 5.74) is 2.23. The molecule has 0 aromatic heterocycles. The topological polar surface area (TPSA) is 46.2 Å². The number of hydrogen-bond donors (Lipinski definition) is 0. The van der Waals surface area contributed by atoms with Gasteiger partial charge in [-0.1, -0.05) is 102 Å². The Morgan fingerprint density at radius 3 is 1.70 bits per heavy atom. The Hall–Kier alpha value is -2.08. The van der Waals surface area contributed by atoms with Gasteiger partial charge in [0.1, 0.15) is 17.6 Å². The van der Waals surface area contributed by atoms with Crippen molar-refractivity contribution in [2.24, 2.45) is 0 Å². The van der Waals surface area contributed by atoms with Crippen molar-refractivity contribution in [2.75, 3.05) is 19.8 Å². The van der Waals surface area contributed by atoms with Crippen molar-refractivity contribution in [1.82, 2.24) is 0 Å². The number of rotatable bonds is 18. The maximum absolute atomic E-state index is 6.44. The maximum Gasteiger partial charge on any atom is 0.184 e. The van der Waals surface area contributed by atoms with Crippen LogP contribution in [0.4, 0.5) is 0 Å². The second kappa shape index (κ2) is 17.7. The molecule has 0 radical (unpaired) electrons. The number of ether oxygens (including phenoxy) is 5. The fourth-order valence-corrected chi connectivity index (χ4v) is 5.62. The molecule has 4 rings (SSSR count). The van der Waals surface area contributed by atoms with Crippen LogP contribution in [0.3, 0.4) is 0 Å². The van der Waals surface area contributed by atoms with Gasteiger partial charge in [-0.25, -0.2) is 0 Å². The summed E-state index contributed by atoms with van der Waals surface area (Å²) in [7, 11) is 0. The van der Waals surface area contributed by atoms with E-state index in [4.69, 9.17) is 23.7 Å². The van der Waals surface area contributed by atoms with E-state index in [9.17, 15) is 0 Å². The van der Waals surface area contributed by atoms with Gasteiger partial charge in [0.25, 0.3) is 0 Å². The Bertz CT molecular complexity index is 928. The molecule has 222 valence electrons. The molecule has 0 bridgehead atoms. The van der Waals surface area contributed by atoms with Gasteiger partial charge in [0.05, 0.1) is 32.0 Å². The summed E-state index contributed by atoms with van der Waals surface area (Å²) in [5, 5.41) is 0. The van der Waals surface area contributed by atoms with E-state index in [2.05, 4.69) is 50.2 Å². The van der Waals surface area contributed by atoms with Crippen LogP contribution in [0.15, 0.2) is 48.5 Å². The van der Waals surface area contributed by atoms with E-state index < -0.39 is 0 Å². The molecular formula is C35H52O5. The van der Waals surface area contributed by atoms with Gasteiger partial charge in [0, 0.05) is 5.56 Å². The molecule has 0 aliphatic carbocycles. The molecule has 5 heteroatoms. The number of fused-ring (bicyclic) bond motifs is 1. The highest BCUT2D eigenvalue weighted by atomic mass is 16.7. The van der Waals surface area contributed by atoms with Crippen molar-refractivity contribution < 1.29 is 23.7 Å². The molecule has 0 spiro atoms. The average Bonchev–Trinajstić information content (AvgIpc) is 3.00. The molecule has 2 heterocycles. The van der Waals surface area contributed by atoms with Crippen LogP contribution >= 0.6 is 0 Å². The minimum absolute atomic E-state index is 0.0429. The molecule has 0 saturated carbocycles. The third kappa shape index (κ3) is 10.1. The van der Waals surface area contributed by atoms with E-state index in [-0.39, 0.29) is 24.6 Å². The zero-order valence-corrected chi connectivity index (χ0v) is 25.0. The highest BCUT2D eigenvalue weighted by molar-refractivity contribution is 5.29. The summed E-state index contributed by atoms with van der Waals surface area (Å²) in [4.78, 5) is 0. The van der Waals surface area contributed by atoms with Crippen molar-refractivity contribution in [3.63, 3.8) is 0 Å². The van der Waals surface area contributed by atoms with Crippen LogP contribution in [0, 0.1) is 0 Å². The van der Waals surface area contributed by atoms with Crippen LogP contribution in [0.2, 0.25) is 0 Å². The third-order valence-corrected chi connectivity index (χ3v) is 8.11. The lowest BCUT2D eigenvalue weighted by Gasteiger charge is -2.42. The van der Waals surface area contributed by atoms with Gasteiger partial charge in [-0.3, -0.25) is 0 Å². The Morgan fingerprint density at radius 1 is 0.575 bits per heavy atom. The van der Waals surface area contributed by atoms with Gasteiger partial charge in [-0.05, 0) is 55.5 Å². The standard InChI is InChI=1S/C35H52O5/c1-3-5-7-9-10-11-12-14-26-37-30-19-15-28(16-20-30)32-23-24-33-34(39-32)27-38-35(40-33)29-17-21-31(22-18-29)36-25-13-8-6-4-2/h15-22,32-35H,3-14,23-27H2,1-2H3/t32-,33+,34-,35-/m1/s1. The summed E-state index contributed by atoms with van der Waals surface area (Å²) >= 11 is 0. The molecule has 2 aliphatic rings. The number of hydrogen-bond acceptors (Lipinski definition) is 5. The number of unbranched alkanes of at least 4 members (excludes halogenated alkanes) is 10. The summed E-state index contributed by atoms with van der Waals surface area (Å²) in [6.07, 6.45) is 17.0. The second-order valence-corrected chi connectivity index (χ2v) is 11.5. The van der Waals surface area contributed by atoms with E-state index in [0.717, 1.165) is 56.0 Å². The normalized spacial score (nSPS) is 22.6. The van der Waals surface area contributed by atoms with Crippen molar-refractivity contribution in [3.8, 4) is 11.5 Å². The molecule has 2 aromatic carbocycles. The highest BCUT2D eigenvalue weighted by Crippen LogP contribution is 2.39. The first kappa shape index (κ1) is 30.9. The fraction of sp³-hybridized carbons (Fsp3) is 0.657. The Kier molecular flexibility index (Phi) is 13.6. The Labute approximate surface area is 242 Å².